The van der Waals surface area contributed by atoms with Crippen LogP contribution in [0.1, 0.15) is 26.2 Å². The molecule has 0 aromatic heterocycles. The van der Waals surface area contributed by atoms with Crippen LogP contribution < -0.4 is 5.32 Å². The van der Waals surface area contributed by atoms with Crippen molar-refractivity contribution in [3.8, 4) is 0 Å². The van der Waals surface area contributed by atoms with Gasteiger partial charge >= 0.3 is 0 Å². The largest absolute Gasteiger partial charge is 0.316 e. The van der Waals surface area contributed by atoms with Crippen LogP contribution in [0.25, 0.3) is 0 Å². The van der Waals surface area contributed by atoms with E-state index in [0.29, 0.717) is 0 Å². The lowest BCUT2D eigenvalue weighted by molar-refractivity contribution is 0.160. The minimum absolute atomic E-state index is 1.01. The molecule has 2 heterocycles. The van der Waals surface area contributed by atoms with Crippen LogP contribution in [0.5, 0.6) is 0 Å². The van der Waals surface area contributed by atoms with E-state index in [1.165, 1.54) is 52.0 Å². The SMILES string of the molecule is CCN1CCC(CC2CNC2)CC1. The lowest BCUT2D eigenvalue weighted by atomic mass is 9.85. The highest BCUT2D eigenvalue weighted by Crippen LogP contribution is 2.25. The maximum Gasteiger partial charge on any atom is -0.000815 e. The molecule has 13 heavy (non-hydrogen) atoms. The summed E-state index contributed by atoms with van der Waals surface area (Å²) in [5.41, 5.74) is 0. The second-order valence-corrected chi connectivity index (χ2v) is 4.64. The molecule has 2 nitrogen and oxygen atoms in total. The van der Waals surface area contributed by atoms with Gasteiger partial charge in [-0.25, -0.2) is 0 Å². The van der Waals surface area contributed by atoms with E-state index in [0.717, 1.165) is 11.8 Å². The van der Waals surface area contributed by atoms with Crippen LogP contribution in [0.2, 0.25) is 0 Å². The van der Waals surface area contributed by atoms with Gasteiger partial charge in [0.25, 0.3) is 0 Å². The number of rotatable bonds is 3. The zero-order valence-electron chi connectivity index (χ0n) is 8.76. The smallest absolute Gasteiger partial charge is 0.000815 e. The monoisotopic (exact) mass is 182 g/mol. The molecule has 0 aromatic carbocycles. The number of piperidine rings is 1. The quantitative estimate of drug-likeness (QED) is 0.708. The van der Waals surface area contributed by atoms with E-state index < -0.39 is 0 Å². The van der Waals surface area contributed by atoms with Crippen molar-refractivity contribution in [3.63, 3.8) is 0 Å². The van der Waals surface area contributed by atoms with E-state index in [9.17, 15) is 0 Å². The Morgan fingerprint density at radius 2 is 1.85 bits per heavy atom. The third-order valence-electron chi connectivity index (χ3n) is 3.69. The van der Waals surface area contributed by atoms with Crippen molar-refractivity contribution < 1.29 is 0 Å². The second kappa shape index (κ2) is 4.43. The van der Waals surface area contributed by atoms with E-state index in [-0.39, 0.29) is 0 Å². The van der Waals surface area contributed by atoms with Gasteiger partial charge in [-0.05, 0) is 63.8 Å². The zero-order valence-corrected chi connectivity index (χ0v) is 8.76. The molecule has 0 unspecified atom stereocenters. The molecule has 2 aliphatic heterocycles. The summed E-state index contributed by atoms with van der Waals surface area (Å²) in [6.45, 7) is 8.79. The van der Waals surface area contributed by atoms with Gasteiger partial charge in [-0.2, -0.15) is 0 Å². The van der Waals surface area contributed by atoms with Gasteiger partial charge in [-0.3, -0.25) is 0 Å². The van der Waals surface area contributed by atoms with Crippen LogP contribution in [0.15, 0.2) is 0 Å². The summed E-state index contributed by atoms with van der Waals surface area (Å²) in [6.07, 6.45) is 4.39. The van der Waals surface area contributed by atoms with Gasteiger partial charge in [0.1, 0.15) is 0 Å². The number of hydrogen-bond acceptors (Lipinski definition) is 2. The van der Waals surface area contributed by atoms with Gasteiger partial charge in [0, 0.05) is 0 Å². The maximum atomic E-state index is 3.36. The van der Waals surface area contributed by atoms with Crippen molar-refractivity contribution in [2.24, 2.45) is 11.8 Å². The molecule has 0 spiro atoms. The molecule has 0 aromatic rings. The highest BCUT2D eigenvalue weighted by molar-refractivity contribution is 4.80. The van der Waals surface area contributed by atoms with Gasteiger partial charge in [0.2, 0.25) is 0 Å². The van der Waals surface area contributed by atoms with Gasteiger partial charge in [0.05, 0.1) is 0 Å². The third-order valence-corrected chi connectivity index (χ3v) is 3.69. The standard InChI is InChI=1S/C11H22N2/c1-2-13-5-3-10(4-6-13)7-11-8-12-9-11/h10-12H,2-9H2,1H3. The Kier molecular flexibility index (Phi) is 3.23. The number of nitrogens with zero attached hydrogens (tertiary/aromatic N) is 1. The average Bonchev–Trinajstić information content (AvgIpc) is 2.12. The fourth-order valence-corrected chi connectivity index (χ4v) is 2.52. The summed E-state index contributed by atoms with van der Waals surface area (Å²) in [5, 5.41) is 3.36. The Bertz CT molecular complexity index is 146. The molecular formula is C11H22N2. The van der Waals surface area contributed by atoms with Crippen LogP contribution in [0.4, 0.5) is 0 Å². The molecule has 2 heteroatoms. The van der Waals surface area contributed by atoms with E-state index in [1.54, 1.807) is 0 Å². The Morgan fingerprint density at radius 1 is 1.15 bits per heavy atom. The van der Waals surface area contributed by atoms with Crippen LogP contribution in [0, 0.1) is 11.8 Å². The van der Waals surface area contributed by atoms with Crippen molar-refractivity contribution in [2.75, 3.05) is 32.7 Å². The normalized spacial score (nSPS) is 27.5. The molecule has 0 radical (unpaired) electrons. The molecule has 2 rings (SSSR count). The highest BCUT2D eigenvalue weighted by Gasteiger charge is 2.24. The fourth-order valence-electron chi connectivity index (χ4n) is 2.52. The fraction of sp³-hybridized carbons (Fsp3) is 1.00. The van der Waals surface area contributed by atoms with Gasteiger partial charge in [-0.1, -0.05) is 6.92 Å². The van der Waals surface area contributed by atoms with Crippen molar-refractivity contribution >= 4 is 0 Å². The molecule has 2 fully saturated rings. The third kappa shape index (κ3) is 2.44. The molecule has 0 aliphatic carbocycles. The van der Waals surface area contributed by atoms with Crippen molar-refractivity contribution in [1.82, 2.24) is 10.2 Å². The first-order valence-corrected chi connectivity index (χ1v) is 5.81. The van der Waals surface area contributed by atoms with E-state index in [4.69, 9.17) is 0 Å². The summed E-state index contributed by atoms with van der Waals surface area (Å²) < 4.78 is 0. The minimum Gasteiger partial charge on any atom is -0.316 e. The second-order valence-electron chi connectivity index (χ2n) is 4.64. The van der Waals surface area contributed by atoms with Crippen molar-refractivity contribution in [1.29, 1.82) is 0 Å². The van der Waals surface area contributed by atoms with Gasteiger partial charge < -0.3 is 10.2 Å². The summed E-state index contributed by atoms with van der Waals surface area (Å²) >= 11 is 0. The summed E-state index contributed by atoms with van der Waals surface area (Å²) in [7, 11) is 0. The first-order chi connectivity index (χ1) is 6.38. The molecule has 0 amide bonds. The average molecular weight is 182 g/mol. The molecule has 0 atom stereocenters. The first kappa shape index (κ1) is 9.47. The predicted octanol–water partition coefficient (Wildman–Crippen LogP) is 1.33. The minimum atomic E-state index is 1.01. The zero-order chi connectivity index (χ0) is 9.10. The number of nitrogens with one attached hydrogen (secondary N) is 1. The summed E-state index contributed by atoms with van der Waals surface area (Å²) in [4.78, 5) is 2.58. The van der Waals surface area contributed by atoms with Crippen molar-refractivity contribution in [3.05, 3.63) is 0 Å². The first-order valence-electron chi connectivity index (χ1n) is 5.81. The highest BCUT2D eigenvalue weighted by atomic mass is 15.1. The van der Waals surface area contributed by atoms with Crippen molar-refractivity contribution in [2.45, 2.75) is 26.2 Å². The van der Waals surface area contributed by atoms with E-state index in [1.807, 2.05) is 0 Å². The summed E-state index contributed by atoms with van der Waals surface area (Å²) in [6, 6.07) is 0. The lowest BCUT2D eigenvalue weighted by Crippen LogP contribution is -2.44. The molecule has 0 saturated carbocycles. The predicted molar refractivity (Wildman–Crippen MR) is 55.8 cm³/mol. The Balaban J connectivity index is 1.65. The lowest BCUT2D eigenvalue weighted by Gasteiger charge is -2.35. The van der Waals surface area contributed by atoms with E-state index >= 15 is 0 Å². The molecule has 2 aliphatic rings. The van der Waals surface area contributed by atoms with Crippen LogP contribution in [0.3, 0.4) is 0 Å². The molecule has 76 valence electrons. The van der Waals surface area contributed by atoms with Crippen LogP contribution >= 0.6 is 0 Å². The number of likely N-dealkylation sites (tertiary alicyclic amines) is 1. The van der Waals surface area contributed by atoms with E-state index in [2.05, 4.69) is 17.1 Å². The topological polar surface area (TPSA) is 15.3 Å². The molecular weight excluding hydrogens is 160 g/mol. The molecule has 1 N–H and O–H groups in total. The van der Waals surface area contributed by atoms with Gasteiger partial charge in [-0.15, -0.1) is 0 Å². The Morgan fingerprint density at radius 3 is 2.31 bits per heavy atom. The number of hydrogen-bond donors (Lipinski definition) is 1. The Labute approximate surface area is 81.7 Å². The molecule has 0 bridgehead atoms. The van der Waals surface area contributed by atoms with Crippen LogP contribution in [-0.4, -0.2) is 37.6 Å². The van der Waals surface area contributed by atoms with Crippen LogP contribution in [-0.2, 0) is 0 Å². The summed E-state index contributed by atoms with van der Waals surface area (Å²) in [5.74, 6) is 2.05. The molecule has 2 saturated heterocycles. The van der Waals surface area contributed by atoms with Gasteiger partial charge in [0.15, 0.2) is 0 Å². The Hall–Kier alpha value is -0.0800. The maximum absolute atomic E-state index is 3.36.